The average Bonchev–Trinajstić information content (AvgIpc) is 3.21. The van der Waals surface area contributed by atoms with Gasteiger partial charge < -0.3 is 19.7 Å². The molecule has 0 unspecified atom stereocenters. The van der Waals surface area contributed by atoms with Crippen LogP contribution in [0.1, 0.15) is 45.1 Å². The van der Waals surface area contributed by atoms with Crippen molar-refractivity contribution in [1.29, 1.82) is 0 Å². The van der Waals surface area contributed by atoms with Crippen LogP contribution in [-0.2, 0) is 19.7 Å². The van der Waals surface area contributed by atoms with E-state index in [-0.39, 0.29) is 24.0 Å². The quantitative estimate of drug-likeness (QED) is 0.709. The molecule has 6 nitrogen and oxygen atoms in total. The standard InChI is InChI=1S/C21H30N2O4/c1-15(2)27-11-5-10-22-20(25)21(16-6-4-7-18(12-16)26-3)13-17-8-9-19(24)23(17)14-21/h4,6-7,12,15,17H,5,8-11,13-14H2,1-3H3,(H,22,25)/t17-,21-/m0/s1. The molecule has 6 heteroatoms. The summed E-state index contributed by atoms with van der Waals surface area (Å²) < 4.78 is 10.9. The highest BCUT2D eigenvalue weighted by Crippen LogP contribution is 2.43. The first-order chi connectivity index (χ1) is 13.0. The molecular weight excluding hydrogens is 344 g/mol. The van der Waals surface area contributed by atoms with Crippen molar-refractivity contribution in [2.24, 2.45) is 0 Å². The number of carbonyl (C=O) groups is 2. The average molecular weight is 374 g/mol. The largest absolute Gasteiger partial charge is 0.497 e. The van der Waals surface area contributed by atoms with E-state index in [4.69, 9.17) is 9.47 Å². The Morgan fingerprint density at radius 1 is 1.41 bits per heavy atom. The summed E-state index contributed by atoms with van der Waals surface area (Å²) in [4.78, 5) is 27.4. The maximum Gasteiger partial charge on any atom is 0.232 e. The molecule has 148 valence electrons. The van der Waals surface area contributed by atoms with Crippen molar-refractivity contribution in [2.45, 2.75) is 57.1 Å². The van der Waals surface area contributed by atoms with Crippen molar-refractivity contribution < 1.29 is 19.1 Å². The van der Waals surface area contributed by atoms with Crippen molar-refractivity contribution in [1.82, 2.24) is 10.2 Å². The number of hydrogen-bond donors (Lipinski definition) is 1. The lowest BCUT2D eigenvalue weighted by Crippen LogP contribution is -2.47. The monoisotopic (exact) mass is 374 g/mol. The van der Waals surface area contributed by atoms with Gasteiger partial charge in [-0.05, 0) is 50.8 Å². The van der Waals surface area contributed by atoms with Crippen LogP contribution in [0.5, 0.6) is 5.75 Å². The van der Waals surface area contributed by atoms with Crippen LogP contribution in [-0.4, -0.2) is 55.7 Å². The van der Waals surface area contributed by atoms with Gasteiger partial charge in [-0.2, -0.15) is 0 Å². The van der Waals surface area contributed by atoms with E-state index in [1.165, 1.54) is 0 Å². The number of fused-ring (bicyclic) bond motifs is 1. The van der Waals surface area contributed by atoms with E-state index in [1.54, 1.807) is 7.11 Å². The second-order valence-electron chi connectivity index (χ2n) is 7.76. The number of benzene rings is 1. The van der Waals surface area contributed by atoms with Crippen LogP contribution in [0, 0.1) is 0 Å². The lowest BCUT2D eigenvalue weighted by atomic mass is 9.76. The van der Waals surface area contributed by atoms with Gasteiger partial charge in [-0.25, -0.2) is 0 Å². The van der Waals surface area contributed by atoms with Crippen LogP contribution in [0.4, 0.5) is 0 Å². The number of methoxy groups -OCH3 is 1. The minimum absolute atomic E-state index is 0.0116. The van der Waals surface area contributed by atoms with E-state index in [0.29, 0.717) is 32.5 Å². The Bertz CT molecular complexity index is 691. The Morgan fingerprint density at radius 3 is 2.93 bits per heavy atom. The molecule has 0 aromatic heterocycles. The van der Waals surface area contributed by atoms with Crippen molar-refractivity contribution in [2.75, 3.05) is 26.8 Å². The van der Waals surface area contributed by atoms with E-state index in [0.717, 1.165) is 24.2 Å². The molecule has 0 saturated carbocycles. The minimum atomic E-state index is -0.714. The Hall–Kier alpha value is -2.08. The lowest BCUT2D eigenvalue weighted by molar-refractivity contribution is -0.129. The number of rotatable bonds is 8. The smallest absolute Gasteiger partial charge is 0.232 e. The fraction of sp³-hybridized carbons (Fsp3) is 0.619. The minimum Gasteiger partial charge on any atom is -0.497 e. The number of nitrogens with one attached hydrogen (secondary N) is 1. The summed E-state index contributed by atoms with van der Waals surface area (Å²) in [5.74, 6) is 0.869. The molecule has 0 bridgehead atoms. The fourth-order valence-electron chi connectivity index (χ4n) is 4.17. The highest BCUT2D eigenvalue weighted by atomic mass is 16.5. The Balaban J connectivity index is 1.76. The molecular formula is C21H30N2O4. The van der Waals surface area contributed by atoms with E-state index >= 15 is 0 Å². The second-order valence-corrected chi connectivity index (χ2v) is 7.76. The van der Waals surface area contributed by atoms with Crippen molar-refractivity contribution in [3.63, 3.8) is 0 Å². The van der Waals surface area contributed by atoms with E-state index < -0.39 is 5.41 Å². The third-order valence-corrected chi connectivity index (χ3v) is 5.59. The molecule has 3 rings (SSSR count). The molecule has 1 N–H and O–H groups in total. The summed E-state index contributed by atoms with van der Waals surface area (Å²) in [7, 11) is 1.62. The van der Waals surface area contributed by atoms with Crippen LogP contribution < -0.4 is 10.1 Å². The Kier molecular flexibility index (Phi) is 6.05. The van der Waals surface area contributed by atoms with Gasteiger partial charge in [0.15, 0.2) is 0 Å². The third-order valence-electron chi connectivity index (χ3n) is 5.59. The Labute approximate surface area is 161 Å². The number of amides is 2. The summed E-state index contributed by atoms with van der Waals surface area (Å²) in [5.41, 5.74) is 0.203. The lowest BCUT2D eigenvalue weighted by Gasteiger charge is -2.29. The Morgan fingerprint density at radius 2 is 2.22 bits per heavy atom. The number of carbonyl (C=O) groups excluding carboxylic acids is 2. The van der Waals surface area contributed by atoms with Gasteiger partial charge in [0.25, 0.3) is 0 Å². The molecule has 27 heavy (non-hydrogen) atoms. The molecule has 1 aromatic carbocycles. The van der Waals surface area contributed by atoms with Crippen LogP contribution >= 0.6 is 0 Å². The SMILES string of the molecule is COc1cccc([C@]2(C(=O)NCCCOC(C)C)C[C@@H]3CCC(=O)N3C2)c1. The zero-order valence-electron chi connectivity index (χ0n) is 16.5. The van der Waals surface area contributed by atoms with Gasteiger partial charge in [0, 0.05) is 32.2 Å². The van der Waals surface area contributed by atoms with Crippen molar-refractivity contribution >= 4 is 11.8 Å². The molecule has 2 aliphatic heterocycles. The second kappa shape index (κ2) is 8.30. The fourth-order valence-corrected chi connectivity index (χ4v) is 4.17. The summed E-state index contributed by atoms with van der Waals surface area (Å²) in [6, 6.07) is 7.83. The molecule has 2 aliphatic rings. The van der Waals surface area contributed by atoms with Crippen LogP contribution in [0.2, 0.25) is 0 Å². The van der Waals surface area contributed by atoms with Crippen molar-refractivity contribution in [3.8, 4) is 5.75 Å². The predicted molar refractivity (Wildman–Crippen MR) is 103 cm³/mol. The van der Waals surface area contributed by atoms with Gasteiger partial charge in [-0.3, -0.25) is 9.59 Å². The van der Waals surface area contributed by atoms with Gasteiger partial charge in [0.05, 0.1) is 18.6 Å². The van der Waals surface area contributed by atoms with E-state index in [1.807, 2.05) is 43.0 Å². The van der Waals surface area contributed by atoms with Gasteiger partial charge in [0.2, 0.25) is 11.8 Å². The predicted octanol–water partition coefficient (Wildman–Crippen LogP) is 2.26. The van der Waals surface area contributed by atoms with Crippen LogP contribution in [0.3, 0.4) is 0 Å². The summed E-state index contributed by atoms with van der Waals surface area (Å²) in [5, 5.41) is 3.08. The summed E-state index contributed by atoms with van der Waals surface area (Å²) in [6.07, 6.45) is 3.05. The summed E-state index contributed by atoms with van der Waals surface area (Å²) >= 11 is 0. The zero-order valence-corrected chi connectivity index (χ0v) is 16.5. The zero-order chi connectivity index (χ0) is 19.4. The van der Waals surface area contributed by atoms with Crippen LogP contribution in [0.15, 0.2) is 24.3 Å². The van der Waals surface area contributed by atoms with E-state index in [9.17, 15) is 9.59 Å². The van der Waals surface area contributed by atoms with Crippen molar-refractivity contribution in [3.05, 3.63) is 29.8 Å². The molecule has 0 spiro atoms. The van der Waals surface area contributed by atoms with Gasteiger partial charge in [-0.1, -0.05) is 12.1 Å². The highest BCUT2D eigenvalue weighted by Gasteiger charge is 2.53. The molecule has 0 aliphatic carbocycles. The highest BCUT2D eigenvalue weighted by molar-refractivity contribution is 5.91. The van der Waals surface area contributed by atoms with E-state index in [2.05, 4.69) is 5.32 Å². The van der Waals surface area contributed by atoms with Gasteiger partial charge in [0.1, 0.15) is 5.75 Å². The summed E-state index contributed by atoms with van der Waals surface area (Å²) in [6.45, 7) is 5.63. The number of ether oxygens (including phenoxy) is 2. The maximum absolute atomic E-state index is 13.3. The van der Waals surface area contributed by atoms with Gasteiger partial charge in [-0.15, -0.1) is 0 Å². The molecule has 1 aromatic rings. The maximum atomic E-state index is 13.3. The third kappa shape index (κ3) is 4.10. The number of nitrogens with zero attached hydrogens (tertiary/aromatic N) is 1. The normalized spacial score (nSPS) is 24.4. The first-order valence-electron chi connectivity index (χ1n) is 9.80. The molecule has 2 heterocycles. The molecule has 2 saturated heterocycles. The molecule has 0 radical (unpaired) electrons. The molecule has 2 atom stereocenters. The van der Waals surface area contributed by atoms with Crippen LogP contribution in [0.25, 0.3) is 0 Å². The van der Waals surface area contributed by atoms with Gasteiger partial charge >= 0.3 is 0 Å². The first kappa shape index (κ1) is 19.7. The molecule has 2 fully saturated rings. The molecule has 2 amide bonds. The topological polar surface area (TPSA) is 67.9 Å². The first-order valence-corrected chi connectivity index (χ1v) is 9.80. The number of hydrogen-bond acceptors (Lipinski definition) is 4.